The van der Waals surface area contributed by atoms with Crippen LogP contribution in [0.15, 0.2) is 53.3 Å². The van der Waals surface area contributed by atoms with Crippen LogP contribution in [0.25, 0.3) is 0 Å². The Morgan fingerprint density at radius 3 is 2.68 bits per heavy atom. The van der Waals surface area contributed by atoms with Crippen molar-refractivity contribution in [2.45, 2.75) is 31.7 Å². The summed E-state index contributed by atoms with van der Waals surface area (Å²) in [6.07, 6.45) is 0. The van der Waals surface area contributed by atoms with E-state index in [4.69, 9.17) is 4.74 Å². The second kappa shape index (κ2) is 7.66. The molecule has 1 N–H and O–H groups in total. The molecule has 1 fully saturated rings. The Kier molecular flexibility index (Phi) is 5.34. The van der Waals surface area contributed by atoms with E-state index in [-0.39, 0.29) is 23.5 Å². The lowest BCUT2D eigenvalue weighted by atomic mass is 9.93. The molecule has 2 aromatic rings. The van der Waals surface area contributed by atoms with Gasteiger partial charge in [0.2, 0.25) is 0 Å². The Bertz CT molecular complexity index is 785. The van der Waals surface area contributed by atoms with E-state index < -0.39 is 5.92 Å². The monoisotopic (exact) mass is 340 g/mol. The number of nitrogens with zero attached hydrogens (tertiary/aromatic N) is 1. The van der Waals surface area contributed by atoms with Crippen LogP contribution in [0.5, 0.6) is 0 Å². The molecule has 1 saturated heterocycles. The first-order valence-electron chi connectivity index (χ1n) is 8.77. The highest BCUT2D eigenvalue weighted by Gasteiger charge is 2.33. The van der Waals surface area contributed by atoms with E-state index in [2.05, 4.69) is 17.4 Å². The van der Waals surface area contributed by atoms with E-state index in [0.717, 1.165) is 6.54 Å². The molecule has 5 heteroatoms. The molecule has 0 radical (unpaired) electrons. The molecule has 0 saturated carbocycles. The molecule has 2 heterocycles. The van der Waals surface area contributed by atoms with Crippen LogP contribution in [0.3, 0.4) is 0 Å². The van der Waals surface area contributed by atoms with Crippen molar-refractivity contribution in [2.24, 2.45) is 0 Å². The zero-order chi connectivity index (χ0) is 17.8. The molecule has 3 atom stereocenters. The van der Waals surface area contributed by atoms with Crippen molar-refractivity contribution in [1.29, 1.82) is 0 Å². The van der Waals surface area contributed by atoms with Gasteiger partial charge in [-0.15, -0.1) is 0 Å². The summed E-state index contributed by atoms with van der Waals surface area (Å²) in [6, 6.07) is 15.3. The number of rotatable bonds is 5. The Hall–Kier alpha value is -2.40. The number of benzene rings is 1. The summed E-state index contributed by atoms with van der Waals surface area (Å²) in [5.74, 6) is -0.593. The summed E-state index contributed by atoms with van der Waals surface area (Å²) >= 11 is 0. The molecule has 5 nitrogen and oxygen atoms in total. The summed E-state index contributed by atoms with van der Waals surface area (Å²) in [5.41, 5.74) is 1.83. The zero-order valence-corrected chi connectivity index (χ0v) is 14.6. The van der Waals surface area contributed by atoms with Crippen molar-refractivity contribution in [3.8, 4) is 0 Å². The number of pyridine rings is 1. The summed E-state index contributed by atoms with van der Waals surface area (Å²) in [7, 11) is 0. The average molecular weight is 340 g/mol. The van der Waals surface area contributed by atoms with Gasteiger partial charge in [-0.3, -0.25) is 9.59 Å². The van der Waals surface area contributed by atoms with Crippen LogP contribution >= 0.6 is 0 Å². The molecule has 25 heavy (non-hydrogen) atoms. The van der Waals surface area contributed by atoms with Gasteiger partial charge in [0.05, 0.1) is 18.6 Å². The third-order valence-corrected chi connectivity index (χ3v) is 4.85. The van der Waals surface area contributed by atoms with Crippen molar-refractivity contribution in [1.82, 2.24) is 9.88 Å². The van der Waals surface area contributed by atoms with E-state index in [0.29, 0.717) is 18.8 Å². The van der Waals surface area contributed by atoms with Crippen molar-refractivity contribution in [3.05, 3.63) is 70.1 Å². The van der Waals surface area contributed by atoms with Gasteiger partial charge in [0, 0.05) is 30.8 Å². The summed E-state index contributed by atoms with van der Waals surface area (Å²) < 4.78 is 6.93. The summed E-state index contributed by atoms with van der Waals surface area (Å²) in [4.78, 5) is 24.9. The van der Waals surface area contributed by atoms with Crippen molar-refractivity contribution in [3.63, 3.8) is 0 Å². The van der Waals surface area contributed by atoms with Crippen LogP contribution in [0.2, 0.25) is 0 Å². The molecular formula is C20H24N2O3. The van der Waals surface area contributed by atoms with E-state index in [1.54, 1.807) is 30.5 Å². The van der Waals surface area contributed by atoms with Crippen LogP contribution < -0.4 is 10.9 Å². The first-order chi connectivity index (χ1) is 12.1. The third-order valence-electron chi connectivity index (χ3n) is 4.85. The molecule has 1 aliphatic rings. The Morgan fingerprint density at radius 1 is 1.20 bits per heavy atom. The second-order valence-corrected chi connectivity index (χ2v) is 6.38. The van der Waals surface area contributed by atoms with Crippen molar-refractivity contribution in [2.75, 3.05) is 19.7 Å². The number of esters is 1. The number of nitrogens with one attached hydrogen (secondary N) is 1. The molecule has 0 amide bonds. The quantitative estimate of drug-likeness (QED) is 0.850. The van der Waals surface area contributed by atoms with Gasteiger partial charge in [-0.25, -0.2) is 0 Å². The minimum Gasteiger partial charge on any atom is -0.465 e. The number of hydrogen-bond acceptors (Lipinski definition) is 4. The fourth-order valence-electron chi connectivity index (χ4n) is 3.59. The minimum atomic E-state index is -0.481. The molecule has 3 rings (SSSR count). The molecule has 1 aliphatic heterocycles. The number of ether oxygens (including phenoxy) is 1. The van der Waals surface area contributed by atoms with E-state index in [9.17, 15) is 9.59 Å². The molecule has 1 aromatic carbocycles. The number of hydrogen-bond donors (Lipinski definition) is 1. The van der Waals surface area contributed by atoms with Gasteiger partial charge in [0.15, 0.2) is 0 Å². The van der Waals surface area contributed by atoms with E-state index in [1.165, 1.54) is 5.56 Å². The molecule has 1 aromatic heterocycles. The van der Waals surface area contributed by atoms with Gasteiger partial charge in [-0.1, -0.05) is 36.4 Å². The van der Waals surface area contributed by atoms with Crippen LogP contribution in [0.1, 0.15) is 43.0 Å². The zero-order valence-electron chi connectivity index (χ0n) is 14.6. The predicted octanol–water partition coefficient (Wildman–Crippen LogP) is 2.44. The highest BCUT2D eigenvalue weighted by Crippen LogP contribution is 2.33. The van der Waals surface area contributed by atoms with Gasteiger partial charge >= 0.3 is 5.97 Å². The topological polar surface area (TPSA) is 60.3 Å². The van der Waals surface area contributed by atoms with E-state index in [1.807, 2.05) is 24.3 Å². The average Bonchev–Trinajstić information content (AvgIpc) is 3.11. The van der Waals surface area contributed by atoms with Crippen LogP contribution in [-0.2, 0) is 9.53 Å². The maximum Gasteiger partial charge on any atom is 0.314 e. The lowest BCUT2D eigenvalue weighted by molar-refractivity contribution is -0.144. The van der Waals surface area contributed by atoms with Gasteiger partial charge in [0.25, 0.3) is 5.56 Å². The molecule has 0 bridgehead atoms. The highest BCUT2D eigenvalue weighted by molar-refractivity contribution is 5.77. The van der Waals surface area contributed by atoms with E-state index >= 15 is 0 Å². The molecule has 3 unspecified atom stereocenters. The Labute approximate surface area is 147 Å². The lowest BCUT2D eigenvalue weighted by Crippen LogP contribution is -2.33. The standard InChI is InChI=1S/C20H24N2O3/c1-3-25-20(24)14(2)17-10-7-11-19(23)22(17)18-13-21-12-16(18)15-8-5-4-6-9-15/h4-11,14,16,18,21H,3,12-13H2,1-2H3. The normalized spacial score (nSPS) is 21.0. The van der Waals surface area contributed by atoms with Crippen molar-refractivity contribution < 1.29 is 9.53 Å². The Morgan fingerprint density at radius 2 is 1.96 bits per heavy atom. The summed E-state index contributed by atoms with van der Waals surface area (Å²) in [5, 5.41) is 3.39. The smallest absolute Gasteiger partial charge is 0.314 e. The van der Waals surface area contributed by atoms with Gasteiger partial charge in [-0.05, 0) is 25.5 Å². The molecule has 0 spiro atoms. The maximum atomic E-state index is 12.7. The lowest BCUT2D eigenvalue weighted by Gasteiger charge is -2.26. The highest BCUT2D eigenvalue weighted by atomic mass is 16.5. The van der Waals surface area contributed by atoms with Gasteiger partial charge in [0.1, 0.15) is 0 Å². The van der Waals surface area contributed by atoms with Crippen LogP contribution in [-0.4, -0.2) is 30.2 Å². The molecular weight excluding hydrogens is 316 g/mol. The fraction of sp³-hybridized carbons (Fsp3) is 0.400. The summed E-state index contributed by atoms with van der Waals surface area (Å²) in [6.45, 7) is 5.42. The first-order valence-corrected chi connectivity index (χ1v) is 8.77. The second-order valence-electron chi connectivity index (χ2n) is 6.38. The number of carbonyl (C=O) groups is 1. The fourth-order valence-corrected chi connectivity index (χ4v) is 3.59. The largest absolute Gasteiger partial charge is 0.465 e. The van der Waals surface area contributed by atoms with Gasteiger partial charge in [-0.2, -0.15) is 0 Å². The van der Waals surface area contributed by atoms with Crippen LogP contribution in [0, 0.1) is 0 Å². The van der Waals surface area contributed by atoms with Crippen molar-refractivity contribution >= 4 is 5.97 Å². The predicted molar refractivity (Wildman–Crippen MR) is 96.8 cm³/mol. The minimum absolute atomic E-state index is 0.0250. The number of aromatic nitrogens is 1. The number of carbonyl (C=O) groups excluding carboxylic acids is 1. The van der Waals surface area contributed by atoms with Gasteiger partial charge < -0.3 is 14.6 Å². The first kappa shape index (κ1) is 17.4. The Balaban J connectivity index is 2.01. The van der Waals surface area contributed by atoms with Crippen LogP contribution in [0.4, 0.5) is 0 Å². The molecule has 132 valence electrons. The maximum absolute atomic E-state index is 12.7. The third kappa shape index (κ3) is 3.51. The SMILES string of the molecule is CCOC(=O)C(C)c1cccc(=O)n1C1CNCC1c1ccccc1. The molecule has 0 aliphatic carbocycles.